The minimum absolute atomic E-state index is 0.0849. The minimum atomic E-state index is -0.0849. The molecule has 23 heavy (non-hydrogen) atoms. The fourth-order valence-electron chi connectivity index (χ4n) is 2.81. The molecule has 0 bridgehead atoms. The molecule has 2 nitrogen and oxygen atoms in total. The van der Waals surface area contributed by atoms with Crippen LogP contribution in [0.3, 0.4) is 0 Å². The summed E-state index contributed by atoms with van der Waals surface area (Å²) >= 11 is 0. The average molecular weight is 325 g/mol. The molecule has 0 N–H and O–H groups in total. The lowest BCUT2D eigenvalue weighted by Crippen LogP contribution is -2.03. The Bertz CT molecular complexity index is 271. The third-order valence-electron chi connectivity index (χ3n) is 4.27. The van der Waals surface area contributed by atoms with Crippen molar-refractivity contribution in [3.63, 3.8) is 0 Å². The summed E-state index contributed by atoms with van der Waals surface area (Å²) in [6.45, 7) is 8.50. The van der Waals surface area contributed by atoms with E-state index in [1.165, 1.54) is 70.6 Å². The second-order valence-corrected chi connectivity index (χ2v) is 7.15. The first-order chi connectivity index (χ1) is 11.2. The maximum absolute atomic E-state index is 11.3. The van der Waals surface area contributed by atoms with E-state index in [-0.39, 0.29) is 5.97 Å². The number of esters is 1. The topological polar surface area (TPSA) is 26.3 Å². The van der Waals surface area contributed by atoms with Crippen molar-refractivity contribution in [2.24, 2.45) is 5.92 Å². The maximum atomic E-state index is 11.3. The van der Waals surface area contributed by atoms with Crippen molar-refractivity contribution in [1.82, 2.24) is 0 Å². The largest absolute Gasteiger partial charge is 0.461 e. The number of carbonyl (C=O) groups excluding carboxylic acids is 1. The first kappa shape index (κ1) is 22.2. The molecule has 0 fully saturated rings. The highest BCUT2D eigenvalue weighted by atomic mass is 16.5. The first-order valence-electron chi connectivity index (χ1n) is 9.93. The Balaban J connectivity index is 3.08. The van der Waals surface area contributed by atoms with E-state index in [9.17, 15) is 4.79 Å². The summed E-state index contributed by atoms with van der Waals surface area (Å²) in [6, 6.07) is 0. The van der Waals surface area contributed by atoms with Crippen molar-refractivity contribution in [1.29, 1.82) is 0 Å². The molecule has 0 atom stereocenters. The highest BCUT2D eigenvalue weighted by Crippen LogP contribution is 2.14. The first-order valence-corrected chi connectivity index (χ1v) is 9.93. The molecule has 0 spiro atoms. The van der Waals surface area contributed by atoms with E-state index in [2.05, 4.69) is 20.4 Å². The molecule has 0 aromatic rings. The summed E-state index contributed by atoms with van der Waals surface area (Å²) in [4.78, 5) is 11.3. The second kappa shape index (κ2) is 17.6. The van der Waals surface area contributed by atoms with Gasteiger partial charge in [0, 0.05) is 6.42 Å². The van der Waals surface area contributed by atoms with Gasteiger partial charge in [0.05, 0.1) is 0 Å². The molecule has 0 saturated carbocycles. The zero-order chi connectivity index (χ0) is 17.2. The number of hydrogen-bond donors (Lipinski definition) is 0. The summed E-state index contributed by atoms with van der Waals surface area (Å²) in [6.07, 6.45) is 19.5. The standard InChI is InChI=1S/C21H40O2/c1-4-19-23-21(22)18-16-14-12-10-8-6-5-7-9-11-13-15-17-20(2)3/h4,20H,1,5-19H2,2-3H3. The third kappa shape index (κ3) is 19.2. The van der Waals surface area contributed by atoms with Gasteiger partial charge in [-0.05, 0) is 12.3 Å². The molecule has 136 valence electrons. The monoisotopic (exact) mass is 324 g/mol. The highest BCUT2D eigenvalue weighted by molar-refractivity contribution is 5.69. The predicted octanol–water partition coefficient (Wildman–Crippen LogP) is 6.83. The van der Waals surface area contributed by atoms with E-state index in [4.69, 9.17) is 4.74 Å². The number of carbonyl (C=O) groups is 1. The van der Waals surface area contributed by atoms with E-state index in [0.29, 0.717) is 13.0 Å². The second-order valence-electron chi connectivity index (χ2n) is 7.15. The van der Waals surface area contributed by atoms with Crippen LogP contribution in [0.4, 0.5) is 0 Å². The minimum Gasteiger partial charge on any atom is -0.461 e. The quantitative estimate of drug-likeness (QED) is 0.166. The lowest BCUT2D eigenvalue weighted by atomic mass is 10.0. The fourth-order valence-corrected chi connectivity index (χ4v) is 2.81. The van der Waals surface area contributed by atoms with Gasteiger partial charge in [0.2, 0.25) is 0 Å². The van der Waals surface area contributed by atoms with Crippen LogP contribution in [-0.2, 0) is 9.53 Å². The van der Waals surface area contributed by atoms with Crippen LogP contribution < -0.4 is 0 Å². The Morgan fingerprint density at radius 2 is 1.26 bits per heavy atom. The van der Waals surface area contributed by atoms with Gasteiger partial charge in [-0.1, -0.05) is 104 Å². The van der Waals surface area contributed by atoms with Crippen molar-refractivity contribution >= 4 is 5.97 Å². The molecular formula is C21H40O2. The van der Waals surface area contributed by atoms with Crippen LogP contribution in [0.25, 0.3) is 0 Å². The van der Waals surface area contributed by atoms with Gasteiger partial charge in [0.25, 0.3) is 0 Å². The van der Waals surface area contributed by atoms with Crippen LogP contribution in [-0.4, -0.2) is 12.6 Å². The molecule has 0 aliphatic heterocycles. The van der Waals surface area contributed by atoms with Crippen molar-refractivity contribution in [3.05, 3.63) is 12.7 Å². The molecule has 0 aromatic heterocycles. The van der Waals surface area contributed by atoms with Crippen molar-refractivity contribution in [3.8, 4) is 0 Å². The lowest BCUT2D eigenvalue weighted by molar-refractivity contribution is -0.142. The van der Waals surface area contributed by atoms with Gasteiger partial charge in [-0.25, -0.2) is 0 Å². The average Bonchev–Trinajstić information content (AvgIpc) is 2.52. The summed E-state index contributed by atoms with van der Waals surface area (Å²) in [5.41, 5.74) is 0. The maximum Gasteiger partial charge on any atom is 0.306 e. The molecule has 0 aliphatic carbocycles. The number of ether oxygens (including phenoxy) is 1. The summed E-state index contributed by atoms with van der Waals surface area (Å²) < 4.78 is 4.95. The van der Waals surface area contributed by atoms with Crippen molar-refractivity contribution in [2.45, 2.75) is 104 Å². The van der Waals surface area contributed by atoms with Crippen LogP contribution in [0.15, 0.2) is 12.7 Å². The number of hydrogen-bond acceptors (Lipinski definition) is 2. The van der Waals surface area contributed by atoms with Gasteiger partial charge in [-0.3, -0.25) is 4.79 Å². The fraction of sp³-hybridized carbons (Fsp3) is 0.857. The summed E-state index contributed by atoms with van der Waals surface area (Å²) in [5, 5.41) is 0. The van der Waals surface area contributed by atoms with Crippen molar-refractivity contribution in [2.75, 3.05) is 6.61 Å². The van der Waals surface area contributed by atoms with Gasteiger partial charge in [0.15, 0.2) is 0 Å². The van der Waals surface area contributed by atoms with E-state index in [0.717, 1.165) is 18.8 Å². The molecule has 0 unspecified atom stereocenters. The van der Waals surface area contributed by atoms with Crippen molar-refractivity contribution < 1.29 is 9.53 Å². The van der Waals surface area contributed by atoms with Gasteiger partial charge < -0.3 is 4.74 Å². The van der Waals surface area contributed by atoms with Crippen LogP contribution in [0.1, 0.15) is 104 Å². The van der Waals surface area contributed by atoms with Crippen LogP contribution >= 0.6 is 0 Å². The molecular weight excluding hydrogens is 284 g/mol. The van der Waals surface area contributed by atoms with E-state index < -0.39 is 0 Å². The number of unbranched alkanes of at least 4 members (excludes halogenated alkanes) is 11. The molecule has 0 aliphatic rings. The van der Waals surface area contributed by atoms with E-state index in [1.54, 1.807) is 6.08 Å². The Morgan fingerprint density at radius 1 is 0.826 bits per heavy atom. The van der Waals surface area contributed by atoms with Crippen LogP contribution in [0.5, 0.6) is 0 Å². The third-order valence-corrected chi connectivity index (χ3v) is 4.27. The molecule has 0 saturated heterocycles. The molecule has 0 radical (unpaired) electrons. The smallest absolute Gasteiger partial charge is 0.306 e. The van der Waals surface area contributed by atoms with Gasteiger partial charge in [0.1, 0.15) is 6.61 Å². The van der Waals surface area contributed by atoms with Crippen LogP contribution in [0.2, 0.25) is 0 Å². The molecule has 0 aromatic carbocycles. The zero-order valence-electron chi connectivity index (χ0n) is 15.8. The molecule has 2 heteroatoms. The van der Waals surface area contributed by atoms with Crippen LogP contribution in [0, 0.1) is 5.92 Å². The van der Waals surface area contributed by atoms with Gasteiger partial charge in [-0.15, -0.1) is 0 Å². The Morgan fingerprint density at radius 3 is 1.70 bits per heavy atom. The van der Waals surface area contributed by atoms with E-state index >= 15 is 0 Å². The lowest BCUT2D eigenvalue weighted by Gasteiger charge is -2.05. The predicted molar refractivity (Wildman–Crippen MR) is 101 cm³/mol. The highest BCUT2D eigenvalue weighted by Gasteiger charge is 2.01. The normalized spacial score (nSPS) is 10.9. The summed E-state index contributed by atoms with van der Waals surface area (Å²) in [7, 11) is 0. The SMILES string of the molecule is C=CCOC(=O)CCCCCCCCCCCCCCC(C)C. The molecule has 0 amide bonds. The molecule has 0 rings (SSSR count). The Hall–Kier alpha value is -0.790. The zero-order valence-corrected chi connectivity index (χ0v) is 15.8. The Labute approximate surface area is 145 Å². The summed E-state index contributed by atoms with van der Waals surface area (Å²) in [5.74, 6) is 0.783. The number of rotatable bonds is 17. The molecule has 0 heterocycles. The van der Waals surface area contributed by atoms with Gasteiger partial charge >= 0.3 is 5.97 Å². The van der Waals surface area contributed by atoms with E-state index in [1.807, 2.05) is 0 Å². The van der Waals surface area contributed by atoms with Gasteiger partial charge in [-0.2, -0.15) is 0 Å². The Kier molecular flexibility index (Phi) is 17.0.